The third-order valence-corrected chi connectivity index (χ3v) is 4.38. The Bertz CT molecular complexity index is 645. The molecule has 0 saturated heterocycles. The summed E-state index contributed by atoms with van der Waals surface area (Å²) in [5, 5.41) is 0.482. The highest BCUT2D eigenvalue weighted by Gasteiger charge is 2.10. The molecule has 28 heavy (non-hydrogen) atoms. The number of rotatable bonds is 13. The molecule has 4 nitrogen and oxygen atoms in total. The lowest BCUT2D eigenvalue weighted by Crippen LogP contribution is -2.12. The predicted molar refractivity (Wildman–Crippen MR) is 112 cm³/mol. The van der Waals surface area contributed by atoms with Crippen molar-refractivity contribution in [1.29, 1.82) is 0 Å². The highest BCUT2D eigenvalue weighted by atomic mass is 35.5. The number of unbranched alkanes of at least 4 members (excludes halogenated alkanes) is 8. The number of esters is 2. The summed E-state index contributed by atoms with van der Waals surface area (Å²) in [4.78, 5) is 23.3. The fourth-order valence-corrected chi connectivity index (χ4v) is 2.77. The van der Waals surface area contributed by atoms with Gasteiger partial charge >= 0.3 is 11.9 Å². The molecule has 0 aliphatic rings. The van der Waals surface area contributed by atoms with E-state index < -0.39 is 11.9 Å². The van der Waals surface area contributed by atoms with Crippen LogP contribution in [-0.2, 0) is 14.3 Å². The number of hydrogen-bond donors (Lipinski definition) is 0. The van der Waals surface area contributed by atoms with Crippen molar-refractivity contribution in [3.8, 4) is 17.6 Å². The van der Waals surface area contributed by atoms with Crippen LogP contribution in [0.2, 0.25) is 5.02 Å². The Morgan fingerprint density at radius 1 is 0.929 bits per heavy atom. The number of carbonyl (C=O) groups is 2. The van der Waals surface area contributed by atoms with Crippen LogP contribution in [0.1, 0.15) is 77.6 Å². The van der Waals surface area contributed by atoms with E-state index in [9.17, 15) is 9.59 Å². The molecule has 0 aromatic heterocycles. The Labute approximate surface area is 173 Å². The Morgan fingerprint density at radius 3 is 2.32 bits per heavy atom. The molecule has 0 saturated carbocycles. The van der Waals surface area contributed by atoms with Crippen LogP contribution in [0.15, 0.2) is 24.3 Å². The van der Waals surface area contributed by atoms with Crippen molar-refractivity contribution < 1.29 is 19.1 Å². The molecule has 0 aliphatic carbocycles. The normalized spacial score (nSPS) is 10.1. The Kier molecular flexibility index (Phi) is 13.7. The maximum Gasteiger partial charge on any atom is 0.311 e. The maximum atomic E-state index is 11.7. The van der Waals surface area contributed by atoms with Crippen LogP contribution >= 0.6 is 11.6 Å². The van der Waals surface area contributed by atoms with Crippen molar-refractivity contribution in [1.82, 2.24) is 0 Å². The lowest BCUT2D eigenvalue weighted by molar-refractivity contribution is -0.145. The molecule has 1 rings (SSSR count). The first kappa shape index (κ1) is 24.0. The molecule has 0 spiro atoms. The van der Waals surface area contributed by atoms with Gasteiger partial charge < -0.3 is 9.47 Å². The first-order chi connectivity index (χ1) is 13.6. The highest BCUT2D eigenvalue weighted by Crippen LogP contribution is 2.17. The number of ether oxygens (including phenoxy) is 2. The molecule has 0 aliphatic heterocycles. The number of benzene rings is 1. The molecule has 1 aromatic carbocycles. The minimum atomic E-state index is -0.500. The third-order valence-electron chi connectivity index (χ3n) is 4.15. The third kappa shape index (κ3) is 13.2. The summed E-state index contributed by atoms with van der Waals surface area (Å²) >= 11 is 5.82. The summed E-state index contributed by atoms with van der Waals surface area (Å²) in [5.74, 6) is 5.27. The summed E-state index contributed by atoms with van der Waals surface area (Å²) < 4.78 is 10.1. The second-order valence-electron chi connectivity index (χ2n) is 6.67. The van der Waals surface area contributed by atoms with E-state index in [1.165, 1.54) is 44.9 Å². The van der Waals surface area contributed by atoms with Crippen LogP contribution in [-0.4, -0.2) is 18.5 Å². The van der Waals surface area contributed by atoms with Gasteiger partial charge in [-0.15, -0.1) is 0 Å². The van der Waals surface area contributed by atoms with Crippen molar-refractivity contribution >= 4 is 23.5 Å². The first-order valence-electron chi connectivity index (χ1n) is 10.2. The van der Waals surface area contributed by atoms with E-state index in [0.717, 1.165) is 12.8 Å². The zero-order valence-electron chi connectivity index (χ0n) is 16.8. The molecular weight excluding hydrogens is 376 g/mol. The van der Waals surface area contributed by atoms with Gasteiger partial charge in [0.05, 0.1) is 12.8 Å². The number of carbonyl (C=O) groups excluding carboxylic acids is 2. The van der Waals surface area contributed by atoms with E-state index in [0.29, 0.717) is 10.8 Å². The van der Waals surface area contributed by atoms with Gasteiger partial charge in [0.2, 0.25) is 0 Å². The van der Waals surface area contributed by atoms with Gasteiger partial charge in [-0.05, 0) is 24.6 Å². The van der Waals surface area contributed by atoms with E-state index in [2.05, 4.69) is 18.8 Å². The van der Waals surface area contributed by atoms with Crippen LogP contribution in [0.25, 0.3) is 0 Å². The van der Waals surface area contributed by atoms with E-state index in [-0.39, 0.29) is 19.4 Å². The van der Waals surface area contributed by atoms with Crippen molar-refractivity contribution in [2.75, 3.05) is 6.61 Å². The zero-order chi connectivity index (χ0) is 20.5. The molecule has 0 N–H and O–H groups in total. The number of hydrogen-bond acceptors (Lipinski definition) is 4. The fraction of sp³-hybridized carbons (Fsp3) is 0.565. The largest absolute Gasteiger partial charge is 0.452 e. The van der Waals surface area contributed by atoms with Gasteiger partial charge in [0.1, 0.15) is 5.75 Å². The van der Waals surface area contributed by atoms with Gasteiger partial charge in [-0.25, -0.2) is 0 Å². The van der Waals surface area contributed by atoms with E-state index in [4.69, 9.17) is 21.1 Å². The van der Waals surface area contributed by atoms with Crippen LogP contribution in [0, 0.1) is 11.8 Å². The fourth-order valence-electron chi connectivity index (χ4n) is 2.59. The molecule has 0 amide bonds. The van der Waals surface area contributed by atoms with Gasteiger partial charge in [0.15, 0.2) is 6.61 Å². The quantitative estimate of drug-likeness (QED) is 0.172. The molecule has 5 heteroatoms. The molecule has 154 valence electrons. The highest BCUT2D eigenvalue weighted by molar-refractivity contribution is 6.30. The first-order valence-corrected chi connectivity index (χ1v) is 10.6. The minimum Gasteiger partial charge on any atom is -0.452 e. The zero-order valence-corrected chi connectivity index (χ0v) is 17.6. The molecule has 0 fully saturated rings. The average molecular weight is 407 g/mol. The van der Waals surface area contributed by atoms with Crippen LogP contribution in [0.4, 0.5) is 0 Å². The van der Waals surface area contributed by atoms with E-state index in [1.807, 2.05) is 0 Å². The van der Waals surface area contributed by atoms with Gasteiger partial charge in [-0.1, -0.05) is 81.4 Å². The summed E-state index contributed by atoms with van der Waals surface area (Å²) in [6.07, 6.45) is 10.9. The standard InChI is InChI=1S/C23H31ClO4/c1-2-3-4-5-6-7-8-9-10-11-12-18-27-22(25)16-17-23(26)28-21-15-13-14-20(24)19-21/h13-15,19H,2-10,16-18H2,1H3. The summed E-state index contributed by atoms with van der Waals surface area (Å²) in [7, 11) is 0. The molecule has 0 atom stereocenters. The lowest BCUT2D eigenvalue weighted by Gasteiger charge is -2.04. The average Bonchev–Trinajstić information content (AvgIpc) is 2.67. The Balaban J connectivity index is 2.00. The molecular formula is C23H31ClO4. The van der Waals surface area contributed by atoms with Crippen molar-refractivity contribution in [3.05, 3.63) is 29.3 Å². The molecule has 0 bridgehead atoms. The minimum absolute atomic E-state index is 0.0287. The van der Waals surface area contributed by atoms with Crippen molar-refractivity contribution in [2.24, 2.45) is 0 Å². The van der Waals surface area contributed by atoms with Crippen molar-refractivity contribution in [3.63, 3.8) is 0 Å². The van der Waals surface area contributed by atoms with E-state index >= 15 is 0 Å². The van der Waals surface area contributed by atoms with Gasteiger partial charge in [-0.2, -0.15) is 0 Å². The second kappa shape index (κ2) is 16.0. The predicted octanol–water partition coefficient (Wildman–Crippen LogP) is 6.10. The monoisotopic (exact) mass is 406 g/mol. The van der Waals surface area contributed by atoms with E-state index in [1.54, 1.807) is 24.3 Å². The van der Waals surface area contributed by atoms with Crippen LogP contribution < -0.4 is 4.74 Å². The smallest absolute Gasteiger partial charge is 0.311 e. The van der Waals surface area contributed by atoms with Crippen LogP contribution in [0.5, 0.6) is 5.75 Å². The van der Waals surface area contributed by atoms with Gasteiger partial charge in [0.25, 0.3) is 0 Å². The Morgan fingerprint density at radius 2 is 1.61 bits per heavy atom. The molecule has 0 heterocycles. The van der Waals surface area contributed by atoms with Crippen LogP contribution in [0.3, 0.4) is 0 Å². The topological polar surface area (TPSA) is 52.6 Å². The van der Waals surface area contributed by atoms with Gasteiger partial charge in [0, 0.05) is 11.4 Å². The second-order valence-corrected chi connectivity index (χ2v) is 7.11. The summed E-state index contributed by atoms with van der Waals surface area (Å²) in [6.45, 7) is 2.30. The molecule has 1 aromatic rings. The maximum absolute atomic E-state index is 11.7. The van der Waals surface area contributed by atoms with Crippen molar-refractivity contribution in [2.45, 2.75) is 77.6 Å². The van der Waals surface area contributed by atoms with Gasteiger partial charge in [-0.3, -0.25) is 9.59 Å². The molecule has 0 unspecified atom stereocenters. The lowest BCUT2D eigenvalue weighted by atomic mass is 10.1. The molecule has 0 radical (unpaired) electrons. The number of halogens is 1. The summed E-state index contributed by atoms with van der Waals surface area (Å²) in [5.41, 5.74) is 0. The summed E-state index contributed by atoms with van der Waals surface area (Å²) in [6, 6.07) is 6.54. The SMILES string of the molecule is CCCCCCCCCCC#CCOC(=O)CCC(=O)Oc1cccc(Cl)c1. The Hall–Kier alpha value is -1.99.